The fourth-order valence-corrected chi connectivity index (χ4v) is 4.41. The van der Waals surface area contributed by atoms with Crippen molar-refractivity contribution < 1.29 is 28.8 Å². The summed E-state index contributed by atoms with van der Waals surface area (Å²) in [5.41, 5.74) is 0.284. The molecule has 3 amide bonds. The lowest BCUT2D eigenvalue weighted by molar-refractivity contribution is -0.384. The zero-order valence-corrected chi connectivity index (χ0v) is 18.7. The second-order valence-electron chi connectivity index (χ2n) is 7.63. The van der Waals surface area contributed by atoms with Gasteiger partial charge in [-0.05, 0) is 54.4 Å². The maximum absolute atomic E-state index is 12.7. The number of hydrogen-bond acceptors (Lipinski definition) is 8. The molecule has 2 aliphatic rings. The number of thioether (sulfide) groups is 1. The Hall–Kier alpha value is -3.99. The number of likely N-dealkylation sites (tertiary alicyclic amines) is 1. The number of imide groups is 1. The van der Waals surface area contributed by atoms with E-state index in [4.69, 9.17) is 4.74 Å². The van der Waals surface area contributed by atoms with Gasteiger partial charge in [-0.25, -0.2) is 4.79 Å². The van der Waals surface area contributed by atoms with E-state index >= 15 is 0 Å². The largest absolute Gasteiger partial charge is 0.423 e. The maximum Gasteiger partial charge on any atom is 0.343 e. The van der Waals surface area contributed by atoms with Crippen LogP contribution in [0.1, 0.15) is 28.8 Å². The highest BCUT2D eigenvalue weighted by Crippen LogP contribution is 2.33. The average Bonchev–Trinajstić information content (AvgIpc) is 3.44. The predicted molar refractivity (Wildman–Crippen MR) is 123 cm³/mol. The molecule has 2 fully saturated rings. The van der Waals surface area contributed by atoms with Crippen LogP contribution in [-0.2, 0) is 9.59 Å². The van der Waals surface area contributed by atoms with Crippen molar-refractivity contribution in [1.29, 1.82) is 0 Å². The monoisotopic (exact) mass is 481 g/mol. The van der Waals surface area contributed by atoms with E-state index in [-0.39, 0.29) is 34.4 Å². The first-order chi connectivity index (χ1) is 16.3. The van der Waals surface area contributed by atoms with Gasteiger partial charge in [0.25, 0.3) is 16.8 Å². The molecule has 0 spiro atoms. The van der Waals surface area contributed by atoms with Crippen molar-refractivity contribution in [2.75, 3.05) is 19.6 Å². The number of hydrogen-bond donors (Lipinski definition) is 0. The zero-order valence-electron chi connectivity index (χ0n) is 17.8. The molecule has 2 aromatic rings. The van der Waals surface area contributed by atoms with E-state index < -0.39 is 22.0 Å². The molecule has 11 heteroatoms. The Balaban J connectivity index is 1.45. The van der Waals surface area contributed by atoms with Crippen LogP contribution in [-0.4, -0.2) is 57.4 Å². The molecule has 2 aliphatic heterocycles. The smallest absolute Gasteiger partial charge is 0.343 e. The van der Waals surface area contributed by atoms with E-state index in [2.05, 4.69) is 0 Å². The van der Waals surface area contributed by atoms with Crippen LogP contribution in [0, 0.1) is 10.1 Å². The molecule has 2 saturated heterocycles. The Bertz CT molecular complexity index is 1220. The number of amides is 3. The highest BCUT2D eigenvalue weighted by Gasteiger charge is 2.37. The number of esters is 1. The van der Waals surface area contributed by atoms with E-state index in [9.17, 15) is 29.3 Å². The van der Waals surface area contributed by atoms with Crippen LogP contribution in [0.5, 0.6) is 5.75 Å². The Morgan fingerprint density at radius 3 is 2.56 bits per heavy atom. The number of carbonyl (C=O) groups excluding carboxylic acids is 4. The Morgan fingerprint density at radius 2 is 1.82 bits per heavy atom. The minimum absolute atomic E-state index is 0.0170. The van der Waals surface area contributed by atoms with Crippen LogP contribution in [0.2, 0.25) is 0 Å². The lowest BCUT2D eigenvalue weighted by atomic mass is 10.2. The Morgan fingerprint density at radius 1 is 1.09 bits per heavy atom. The quantitative estimate of drug-likeness (QED) is 0.202. The molecule has 0 atom stereocenters. The molecule has 10 nitrogen and oxygen atoms in total. The van der Waals surface area contributed by atoms with Crippen LogP contribution in [0.15, 0.2) is 53.4 Å². The number of nitro benzene ring substituents is 1. The molecule has 0 unspecified atom stereocenters. The maximum atomic E-state index is 12.7. The van der Waals surface area contributed by atoms with Crippen LogP contribution in [0.4, 0.5) is 10.5 Å². The Labute approximate surface area is 198 Å². The number of benzene rings is 2. The number of ether oxygens (including phenoxy) is 1. The molecule has 2 heterocycles. The van der Waals surface area contributed by atoms with Gasteiger partial charge < -0.3 is 9.64 Å². The van der Waals surface area contributed by atoms with Gasteiger partial charge in [0.15, 0.2) is 0 Å². The Kier molecular flexibility index (Phi) is 6.73. The zero-order chi connectivity index (χ0) is 24.2. The molecule has 0 bridgehead atoms. The van der Waals surface area contributed by atoms with Gasteiger partial charge >= 0.3 is 5.97 Å². The topological polar surface area (TPSA) is 127 Å². The highest BCUT2D eigenvalue weighted by molar-refractivity contribution is 8.18. The third-order valence-electron chi connectivity index (χ3n) is 5.28. The van der Waals surface area contributed by atoms with Gasteiger partial charge in [0, 0.05) is 25.2 Å². The van der Waals surface area contributed by atoms with Gasteiger partial charge in [-0.2, -0.15) is 0 Å². The van der Waals surface area contributed by atoms with Crippen molar-refractivity contribution in [2.45, 2.75) is 12.8 Å². The van der Waals surface area contributed by atoms with E-state index in [0.29, 0.717) is 18.7 Å². The minimum atomic E-state index is -0.776. The predicted octanol–water partition coefficient (Wildman–Crippen LogP) is 3.47. The summed E-state index contributed by atoms with van der Waals surface area (Å²) in [5, 5.41) is 10.4. The van der Waals surface area contributed by atoms with Crippen LogP contribution in [0.25, 0.3) is 6.08 Å². The summed E-state index contributed by atoms with van der Waals surface area (Å²) in [7, 11) is 0. The first-order valence-electron chi connectivity index (χ1n) is 10.4. The van der Waals surface area contributed by atoms with Crippen molar-refractivity contribution in [1.82, 2.24) is 9.80 Å². The molecule has 0 N–H and O–H groups in total. The lowest BCUT2D eigenvalue weighted by Crippen LogP contribution is -2.40. The fraction of sp³-hybridized carbons (Fsp3) is 0.217. The second-order valence-corrected chi connectivity index (χ2v) is 8.62. The van der Waals surface area contributed by atoms with Crippen LogP contribution in [0.3, 0.4) is 0 Å². The molecular weight excluding hydrogens is 462 g/mol. The summed E-state index contributed by atoms with van der Waals surface area (Å²) in [6.07, 6.45) is 3.31. The van der Waals surface area contributed by atoms with Gasteiger partial charge in [0.2, 0.25) is 5.91 Å². The van der Waals surface area contributed by atoms with Crippen molar-refractivity contribution in [3.63, 3.8) is 0 Å². The number of rotatable bonds is 6. The molecule has 0 radical (unpaired) electrons. The normalized spacial score (nSPS) is 16.9. The minimum Gasteiger partial charge on any atom is -0.423 e. The third kappa shape index (κ3) is 5.15. The fourth-order valence-electron chi connectivity index (χ4n) is 3.57. The summed E-state index contributed by atoms with van der Waals surface area (Å²) in [5.74, 6) is -1.42. The van der Waals surface area contributed by atoms with Gasteiger partial charge in [0.05, 0.1) is 15.4 Å². The number of non-ortho nitro benzene ring substituents is 1. The molecule has 2 aromatic carbocycles. The van der Waals surface area contributed by atoms with Crippen molar-refractivity contribution in [2.24, 2.45) is 0 Å². The van der Waals surface area contributed by atoms with Gasteiger partial charge in [-0.15, -0.1) is 0 Å². The van der Waals surface area contributed by atoms with Gasteiger partial charge in [0.1, 0.15) is 12.3 Å². The molecular formula is C23H19N3O7S. The first kappa shape index (κ1) is 23.2. The lowest BCUT2D eigenvalue weighted by Gasteiger charge is -2.18. The van der Waals surface area contributed by atoms with E-state index in [0.717, 1.165) is 35.6 Å². The summed E-state index contributed by atoms with van der Waals surface area (Å²) in [4.78, 5) is 62.8. The van der Waals surface area contributed by atoms with Crippen molar-refractivity contribution in [3.05, 3.63) is 74.7 Å². The summed E-state index contributed by atoms with van der Waals surface area (Å²) < 4.78 is 5.31. The molecule has 0 aromatic heterocycles. The number of carbonyl (C=O) groups is 4. The van der Waals surface area contributed by atoms with Gasteiger partial charge in [-0.3, -0.25) is 29.4 Å². The number of nitrogens with zero attached hydrogens (tertiary/aromatic N) is 3. The van der Waals surface area contributed by atoms with Crippen molar-refractivity contribution >= 4 is 46.5 Å². The molecule has 34 heavy (non-hydrogen) atoms. The molecule has 0 saturated carbocycles. The standard InChI is InChI=1S/C23H19N3O7S/c27-20(24-9-1-2-10-24)14-25-21(28)19(34-23(25)30)12-15-5-3-8-18(11-15)33-22(29)16-6-4-7-17(13-16)26(31)32/h3-8,11-13H,1-2,9-10,14H2/b19-12-. The molecule has 174 valence electrons. The van der Waals surface area contributed by atoms with E-state index in [1.165, 1.54) is 36.4 Å². The second kappa shape index (κ2) is 9.87. The van der Waals surface area contributed by atoms with E-state index in [1.54, 1.807) is 17.0 Å². The SMILES string of the molecule is O=C(Oc1cccc(/C=C2\SC(=O)N(CC(=O)N3CCCC3)C2=O)c1)c1cccc([N+](=O)[O-])c1. The molecule has 4 rings (SSSR count). The van der Waals surface area contributed by atoms with Crippen LogP contribution >= 0.6 is 11.8 Å². The van der Waals surface area contributed by atoms with E-state index in [1.807, 2.05) is 0 Å². The number of nitro groups is 1. The summed E-state index contributed by atoms with van der Waals surface area (Å²) >= 11 is 0.738. The highest BCUT2D eigenvalue weighted by atomic mass is 32.2. The average molecular weight is 481 g/mol. The summed E-state index contributed by atoms with van der Waals surface area (Å²) in [6.45, 7) is 0.975. The molecule has 0 aliphatic carbocycles. The van der Waals surface area contributed by atoms with Gasteiger partial charge in [-0.1, -0.05) is 18.2 Å². The van der Waals surface area contributed by atoms with Crippen LogP contribution < -0.4 is 4.74 Å². The first-order valence-corrected chi connectivity index (χ1v) is 11.2. The van der Waals surface area contributed by atoms with Crippen molar-refractivity contribution in [3.8, 4) is 5.75 Å². The summed E-state index contributed by atoms with van der Waals surface area (Å²) in [6, 6.07) is 11.5. The third-order valence-corrected chi connectivity index (χ3v) is 6.19.